The van der Waals surface area contributed by atoms with Crippen LogP contribution in [0.25, 0.3) is 0 Å². The number of benzene rings is 3. The average molecular weight is 480 g/mol. The van der Waals surface area contributed by atoms with Gasteiger partial charge in [-0.3, -0.25) is 4.79 Å². The first kappa shape index (κ1) is 23.3. The lowest BCUT2D eigenvalue weighted by molar-refractivity contribution is -0.128. The zero-order chi connectivity index (χ0) is 24.8. The molecule has 2 unspecified atom stereocenters. The highest BCUT2D eigenvalue weighted by molar-refractivity contribution is 5.96. The largest absolute Gasteiger partial charge is 0.367 e. The molecule has 8 heteroatoms. The van der Waals surface area contributed by atoms with Gasteiger partial charge in [0.1, 0.15) is 12.3 Å². The molecule has 1 amide bonds. The summed E-state index contributed by atoms with van der Waals surface area (Å²) in [6.07, 6.45) is 3.35. The number of carbonyl (C=O) groups excluding carboxylic acids is 1. The van der Waals surface area contributed by atoms with Crippen LogP contribution in [0.15, 0.2) is 102 Å². The number of hydrogen-bond acceptors (Lipinski definition) is 6. The SMILES string of the molecule is CC(Nc1nccc([N+]2(NC(=O)COCc3ccccc3)C=Nc3ccccc32)n1)c1ccccc1. The van der Waals surface area contributed by atoms with Crippen molar-refractivity contribution in [1.82, 2.24) is 20.0 Å². The number of anilines is 1. The number of nitrogens with one attached hydrogen (secondary N) is 2. The number of hydrogen-bond donors (Lipinski definition) is 2. The molecule has 0 saturated carbocycles. The van der Waals surface area contributed by atoms with Gasteiger partial charge in [0.25, 0.3) is 11.7 Å². The molecule has 0 fully saturated rings. The van der Waals surface area contributed by atoms with Crippen molar-refractivity contribution in [3.63, 3.8) is 0 Å². The lowest BCUT2D eigenvalue weighted by atomic mass is 10.1. The van der Waals surface area contributed by atoms with E-state index in [9.17, 15) is 4.79 Å². The predicted octanol–water partition coefficient (Wildman–Crippen LogP) is 5.21. The highest BCUT2D eigenvalue weighted by atomic mass is 16.5. The van der Waals surface area contributed by atoms with E-state index in [1.165, 1.54) is 0 Å². The van der Waals surface area contributed by atoms with Crippen LogP contribution in [-0.4, -0.2) is 28.8 Å². The van der Waals surface area contributed by atoms with Gasteiger partial charge in [0.2, 0.25) is 12.3 Å². The molecular formula is C28H27N6O2+. The van der Waals surface area contributed by atoms with Gasteiger partial charge < -0.3 is 10.1 Å². The highest BCUT2D eigenvalue weighted by Crippen LogP contribution is 2.41. The Labute approximate surface area is 209 Å². The summed E-state index contributed by atoms with van der Waals surface area (Å²) >= 11 is 0. The van der Waals surface area contributed by atoms with Crippen molar-refractivity contribution in [3.8, 4) is 0 Å². The third-order valence-corrected chi connectivity index (χ3v) is 5.92. The summed E-state index contributed by atoms with van der Waals surface area (Å²) in [5, 5.41) is 3.35. The Bertz CT molecular complexity index is 1360. The molecule has 3 aromatic carbocycles. The Morgan fingerprint density at radius 1 is 0.944 bits per heavy atom. The maximum atomic E-state index is 13.1. The number of carbonyl (C=O) groups is 1. The van der Waals surface area contributed by atoms with Crippen LogP contribution in [0.5, 0.6) is 0 Å². The number of fused-ring (bicyclic) bond motifs is 1. The van der Waals surface area contributed by atoms with E-state index in [1.54, 1.807) is 18.6 Å². The van der Waals surface area contributed by atoms with Gasteiger partial charge in [-0.1, -0.05) is 77.4 Å². The first-order valence-electron chi connectivity index (χ1n) is 11.8. The summed E-state index contributed by atoms with van der Waals surface area (Å²) < 4.78 is 5.51. The monoisotopic (exact) mass is 479 g/mol. The fourth-order valence-corrected chi connectivity index (χ4v) is 4.11. The van der Waals surface area contributed by atoms with E-state index in [4.69, 9.17) is 9.72 Å². The minimum absolute atomic E-state index is 0.00425. The molecule has 1 aliphatic heterocycles. The van der Waals surface area contributed by atoms with Crippen molar-refractivity contribution < 1.29 is 9.53 Å². The van der Waals surface area contributed by atoms with Crippen molar-refractivity contribution in [1.29, 1.82) is 0 Å². The number of aromatic nitrogens is 2. The molecule has 180 valence electrons. The number of ether oxygens (including phenoxy) is 1. The van der Waals surface area contributed by atoms with E-state index in [1.807, 2.05) is 79.7 Å². The van der Waals surface area contributed by atoms with Gasteiger partial charge in [0.05, 0.1) is 12.6 Å². The van der Waals surface area contributed by atoms with Crippen LogP contribution < -0.4 is 15.3 Å². The van der Waals surface area contributed by atoms with E-state index in [-0.39, 0.29) is 23.1 Å². The van der Waals surface area contributed by atoms with E-state index in [2.05, 4.69) is 32.9 Å². The molecule has 1 aliphatic rings. The highest BCUT2D eigenvalue weighted by Gasteiger charge is 2.43. The maximum Gasteiger partial charge on any atom is 0.292 e. The lowest BCUT2D eigenvalue weighted by Crippen LogP contribution is -2.57. The molecule has 2 heterocycles. The van der Waals surface area contributed by atoms with Crippen molar-refractivity contribution >= 4 is 35.4 Å². The van der Waals surface area contributed by atoms with Crippen LogP contribution in [0.3, 0.4) is 0 Å². The molecule has 2 atom stereocenters. The average Bonchev–Trinajstić information content (AvgIpc) is 3.29. The zero-order valence-electron chi connectivity index (χ0n) is 19.9. The van der Waals surface area contributed by atoms with E-state index in [0.717, 1.165) is 22.5 Å². The van der Waals surface area contributed by atoms with Gasteiger partial charge in [0.15, 0.2) is 5.69 Å². The maximum absolute atomic E-state index is 13.1. The number of para-hydroxylation sites is 2. The van der Waals surface area contributed by atoms with Gasteiger partial charge in [-0.25, -0.2) is 4.98 Å². The van der Waals surface area contributed by atoms with Gasteiger partial charge >= 0.3 is 0 Å². The summed E-state index contributed by atoms with van der Waals surface area (Å²) in [6.45, 7) is 2.29. The van der Waals surface area contributed by atoms with Crippen LogP contribution in [-0.2, 0) is 16.1 Å². The first-order chi connectivity index (χ1) is 17.6. The summed E-state index contributed by atoms with van der Waals surface area (Å²) in [5.74, 6) is 0.714. The van der Waals surface area contributed by atoms with Crippen molar-refractivity contribution in [3.05, 3.63) is 108 Å². The third-order valence-electron chi connectivity index (χ3n) is 5.92. The Morgan fingerprint density at radius 3 is 2.47 bits per heavy atom. The van der Waals surface area contributed by atoms with Gasteiger partial charge in [-0.05, 0) is 24.1 Å². The summed E-state index contributed by atoms with van der Waals surface area (Å²) in [6, 6.07) is 29.3. The molecule has 0 radical (unpaired) electrons. The molecule has 4 aromatic rings. The second-order valence-corrected chi connectivity index (χ2v) is 8.48. The number of quaternary nitrogens is 1. The number of nitrogens with zero attached hydrogens (tertiary/aromatic N) is 4. The fraction of sp³-hybridized carbons (Fsp3) is 0.143. The van der Waals surface area contributed by atoms with Crippen molar-refractivity contribution in [2.75, 3.05) is 11.9 Å². The number of aliphatic imine (C=N–C) groups is 1. The number of amides is 1. The predicted molar refractivity (Wildman–Crippen MR) is 141 cm³/mol. The Morgan fingerprint density at radius 2 is 1.67 bits per heavy atom. The second kappa shape index (κ2) is 10.5. The molecule has 0 spiro atoms. The summed E-state index contributed by atoms with van der Waals surface area (Å²) in [7, 11) is 0. The normalized spacial score (nSPS) is 16.8. The zero-order valence-corrected chi connectivity index (χ0v) is 19.9. The van der Waals surface area contributed by atoms with Crippen LogP contribution in [0, 0.1) is 0 Å². The Hall–Kier alpha value is -4.40. The van der Waals surface area contributed by atoms with Crippen LogP contribution in [0.2, 0.25) is 0 Å². The lowest BCUT2D eigenvalue weighted by Gasteiger charge is -2.28. The van der Waals surface area contributed by atoms with Gasteiger partial charge in [-0.15, -0.1) is 0 Å². The van der Waals surface area contributed by atoms with E-state index >= 15 is 0 Å². The molecule has 1 aromatic heterocycles. The molecule has 36 heavy (non-hydrogen) atoms. The standard InChI is InChI=1S/C28H26N6O2/c1-21(23-12-6-3-7-13-23)31-28-29-17-16-26(32-28)34(20-30-24-14-8-9-15-25(24)34)33-27(35)19-36-18-22-10-4-2-5-11-22/h2-17,20-21H,18-19H2,1H3,(H-,29,31,32,33,35)/p+1. The van der Waals surface area contributed by atoms with Crippen molar-refractivity contribution in [2.24, 2.45) is 4.99 Å². The molecule has 0 saturated heterocycles. The topological polar surface area (TPSA) is 88.5 Å². The molecule has 8 nitrogen and oxygen atoms in total. The Kier molecular flexibility index (Phi) is 6.79. The molecule has 0 bridgehead atoms. The second-order valence-electron chi connectivity index (χ2n) is 8.48. The third kappa shape index (κ3) is 5.00. The summed E-state index contributed by atoms with van der Waals surface area (Å²) in [4.78, 5) is 26.8. The van der Waals surface area contributed by atoms with Crippen LogP contribution in [0.4, 0.5) is 23.1 Å². The van der Waals surface area contributed by atoms with E-state index < -0.39 is 0 Å². The van der Waals surface area contributed by atoms with Crippen LogP contribution in [0.1, 0.15) is 24.1 Å². The molecular weight excluding hydrogens is 452 g/mol. The smallest absolute Gasteiger partial charge is 0.292 e. The molecule has 2 N–H and O–H groups in total. The number of rotatable bonds is 9. The molecule has 0 aliphatic carbocycles. The van der Waals surface area contributed by atoms with Crippen molar-refractivity contribution in [2.45, 2.75) is 19.6 Å². The Balaban J connectivity index is 1.38. The summed E-state index contributed by atoms with van der Waals surface area (Å²) in [5.41, 5.74) is 6.73. The van der Waals surface area contributed by atoms with Gasteiger partial charge in [0, 0.05) is 18.3 Å². The van der Waals surface area contributed by atoms with Crippen LogP contribution >= 0.6 is 0 Å². The van der Waals surface area contributed by atoms with Gasteiger partial charge in [-0.2, -0.15) is 15.4 Å². The first-order valence-corrected chi connectivity index (χ1v) is 11.8. The minimum Gasteiger partial charge on any atom is -0.367 e. The quantitative estimate of drug-likeness (QED) is 0.322. The minimum atomic E-state index is -0.292. The van der Waals surface area contributed by atoms with E-state index in [0.29, 0.717) is 18.4 Å². The molecule has 5 rings (SSSR count). The fourth-order valence-electron chi connectivity index (χ4n) is 4.11.